The lowest BCUT2D eigenvalue weighted by atomic mass is 9.86. The minimum absolute atomic E-state index is 0.176. The van der Waals surface area contributed by atoms with Crippen molar-refractivity contribution in [1.29, 1.82) is 0 Å². The summed E-state index contributed by atoms with van der Waals surface area (Å²) >= 11 is 0. The van der Waals surface area contributed by atoms with Crippen molar-refractivity contribution in [3.63, 3.8) is 0 Å². The number of rotatable bonds is 4. The van der Waals surface area contributed by atoms with E-state index in [1.165, 1.54) is 16.7 Å². The third-order valence-electron chi connectivity index (χ3n) is 4.30. The molecule has 0 aromatic heterocycles. The Morgan fingerprint density at radius 1 is 1.00 bits per heavy atom. The van der Waals surface area contributed by atoms with Crippen LogP contribution in [0.25, 0.3) is 6.08 Å². The van der Waals surface area contributed by atoms with E-state index in [9.17, 15) is 0 Å². The Hall–Kier alpha value is -0.646. The van der Waals surface area contributed by atoms with Gasteiger partial charge in [0.15, 0.2) is 8.32 Å². The molecule has 0 N–H and O–H groups in total. The van der Waals surface area contributed by atoms with Gasteiger partial charge in [-0.15, -0.1) is 0 Å². The first kappa shape index (κ1) is 16.7. The molecule has 1 nitrogen and oxygen atoms in total. The largest absolute Gasteiger partial charge is 0.413 e. The van der Waals surface area contributed by atoms with Crippen LogP contribution in [0.4, 0.5) is 0 Å². The van der Waals surface area contributed by atoms with Crippen molar-refractivity contribution < 1.29 is 4.43 Å². The van der Waals surface area contributed by atoms with Crippen molar-refractivity contribution >= 4 is 22.5 Å². The van der Waals surface area contributed by atoms with Crippen molar-refractivity contribution in [2.75, 3.05) is 0 Å². The summed E-state index contributed by atoms with van der Waals surface area (Å²) in [6.07, 6.45) is 2.48. The highest BCUT2D eigenvalue weighted by Crippen LogP contribution is 2.46. The van der Waals surface area contributed by atoms with Gasteiger partial charge in [0.25, 0.3) is 0 Å². The number of fused-ring (bicyclic) bond motifs is 1. The molecule has 0 radical (unpaired) electrons. The van der Waals surface area contributed by atoms with Gasteiger partial charge < -0.3 is 4.43 Å². The maximum absolute atomic E-state index is 6.15. The molecule has 0 unspecified atom stereocenters. The van der Waals surface area contributed by atoms with E-state index >= 15 is 0 Å². The maximum Gasteiger partial charge on any atom is 0.184 e. The van der Waals surface area contributed by atoms with Crippen LogP contribution in [0.5, 0.6) is 0 Å². The molecule has 0 spiro atoms. The average Bonchev–Trinajstić information content (AvgIpc) is 2.58. The fourth-order valence-corrected chi connectivity index (χ4v) is 6.55. The van der Waals surface area contributed by atoms with Crippen LogP contribution in [0.3, 0.4) is 0 Å². The highest BCUT2D eigenvalue weighted by molar-refractivity contribution is 6.84. The van der Waals surface area contributed by atoms with E-state index < -0.39 is 16.4 Å². The number of hydrogen-bond donors (Lipinski definition) is 0. The predicted octanol–water partition coefficient (Wildman–Crippen LogP) is 5.59. The normalized spacial score (nSPS) is 17.6. The van der Waals surface area contributed by atoms with E-state index in [1.807, 2.05) is 0 Å². The van der Waals surface area contributed by atoms with E-state index in [2.05, 4.69) is 77.4 Å². The Morgan fingerprint density at radius 2 is 1.62 bits per heavy atom. The van der Waals surface area contributed by atoms with Gasteiger partial charge in [-0.05, 0) is 36.3 Å². The zero-order valence-corrected chi connectivity index (χ0v) is 16.9. The van der Waals surface area contributed by atoms with Gasteiger partial charge in [-0.25, -0.2) is 0 Å². The molecule has 3 heteroatoms. The summed E-state index contributed by atoms with van der Waals surface area (Å²) in [5.41, 5.74) is 4.45. The zero-order valence-electron chi connectivity index (χ0n) is 14.9. The van der Waals surface area contributed by atoms with Crippen molar-refractivity contribution in [2.45, 2.75) is 65.2 Å². The molecule has 0 amide bonds. The molecule has 0 heterocycles. The Kier molecular flexibility index (Phi) is 4.15. The van der Waals surface area contributed by atoms with E-state index in [-0.39, 0.29) is 5.41 Å². The summed E-state index contributed by atoms with van der Waals surface area (Å²) in [5.74, 6) is 0. The standard InChI is InChI=1S/C18H30OSi2/c1-18(2)16-11-9-10-14(13-19-21(6,7)8)15(16)12-17(18)20(3,4)5/h9-12H,13H2,1-8H3. The second kappa shape index (κ2) is 5.22. The first-order valence-corrected chi connectivity index (χ1v) is 14.8. The molecule has 1 aliphatic carbocycles. The number of hydrogen-bond acceptors (Lipinski definition) is 1. The van der Waals surface area contributed by atoms with Crippen LogP contribution in [0.1, 0.15) is 30.5 Å². The van der Waals surface area contributed by atoms with Crippen molar-refractivity contribution in [1.82, 2.24) is 0 Å². The molecule has 0 aliphatic heterocycles. The summed E-state index contributed by atoms with van der Waals surface area (Å²) in [4.78, 5) is 0. The quantitative estimate of drug-likeness (QED) is 0.657. The third kappa shape index (κ3) is 3.41. The highest BCUT2D eigenvalue weighted by atomic mass is 28.4. The van der Waals surface area contributed by atoms with Crippen molar-refractivity contribution in [3.05, 3.63) is 40.1 Å². The molecule has 0 saturated carbocycles. The number of allylic oxidation sites excluding steroid dienone is 1. The van der Waals surface area contributed by atoms with Crippen LogP contribution in [0, 0.1) is 0 Å². The molecular formula is C18H30OSi2. The second-order valence-electron chi connectivity index (χ2n) is 8.71. The van der Waals surface area contributed by atoms with Crippen molar-refractivity contribution in [3.8, 4) is 0 Å². The first-order chi connectivity index (χ1) is 9.43. The van der Waals surface area contributed by atoms with Gasteiger partial charge in [0.2, 0.25) is 0 Å². The van der Waals surface area contributed by atoms with Gasteiger partial charge in [0.1, 0.15) is 0 Å². The predicted molar refractivity (Wildman–Crippen MR) is 98.9 cm³/mol. The topological polar surface area (TPSA) is 9.23 Å². The first-order valence-electron chi connectivity index (χ1n) is 7.92. The van der Waals surface area contributed by atoms with Crippen LogP contribution in [-0.2, 0) is 16.4 Å². The van der Waals surface area contributed by atoms with Gasteiger partial charge in [-0.3, -0.25) is 0 Å². The van der Waals surface area contributed by atoms with Crippen molar-refractivity contribution in [2.24, 2.45) is 0 Å². The average molecular weight is 319 g/mol. The van der Waals surface area contributed by atoms with Gasteiger partial charge in [0.05, 0.1) is 14.7 Å². The second-order valence-corrected chi connectivity index (χ2v) is 18.3. The van der Waals surface area contributed by atoms with Crippen LogP contribution in [0.2, 0.25) is 39.3 Å². The monoisotopic (exact) mass is 318 g/mol. The van der Waals surface area contributed by atoms with Gasteiger partial charge >= 0.3 is 0 Å². The van der Waals surface area contributed by atoms with E-state index in [0.29, 0.717) is 0 Å². The summed E-state index contributed by atoms with van der Waals surface area (Å²) in [6, 6.07) is 6.74. The molecule has 2 rings (SSSR count). The van der Waals surface area contributed by atoms with Gasteiger partial charge in [0, 0.05) is 5.41 Å². The maximum atomic E-state index is 6.15. The molecule has 1 aliphatic rings. The Balaban J connectivity index is 2.44. The smallest absolute Gasteiger partial charge is 0.184 e. The van der Waals surface area contributed by atoms with E-state index in [1.54, 1.807) is 5.20 Å². The van der Waals surface area contributed by atoms with Gasteiger partial charge in [-0.2, -0.15) is 0 Å². The fourth-order valence-electron chi connectivity index (χ4n) is 3.37. The summed E-state index contributed by atoms with van der Waals surface area (Å²) in [6.45, 7) is 19.6. The van der Waals surface area contributed by atoms with E-state index in [0.717, 1.165) is 6.61 Å². The molecule has 116 valence electrons. The summed E-state index contributed by atoms with van der Waals surface area (Å²) < 4.78 is 6.15. The molecular weight excluding hydrogens is 288 g/mol. The molecule has 1 aromatic rings. The van der Waals surface area contributed by atoms with Crippen LogP contribution in [0.15, 0.2) is 23.4 Å². The molecule has 0 saturated heterocycles. The van der Waals surface area contributed by atoms with Crippen LogP contribution >= 0.6 is 0 Å². The number of benzene rings is 1. The highest BCUT2D eigenvalue weighted by Gasteiger charge is 2.39. The molecule has 21 heavy (non-hydrogen) atoms. The minimum atomic E-state index is -1.47. The lowest BCUT2D eigenvalue weighted by molar-refractivity contribution is 0.299. The summed E-state index contributed by atoms with van der Waals surface area (Å²) in [7, 11) is -2.78. The molecule has 0 fully saturated rings. The fraction of sp³-hybridized carbons (Fsp3) is 0.556. The van der Waals surface area contributed by atoms with Crippen LogP contribution in [-0.4, -0.2) is 16.4 Å². The lowest BCUT2D eigenvalue weighted by Gasteiger charge is -2.32. The SMILES string of the molecule is CC1(C)C([Si](C)(C)C)=Cc2c(CO[Si](C)(C)C)cccc21. The molecule has 0 bridgehead atoms. The van der Waals surface area contributed by atoms with Gasteiger partial charge in [-0.1, -0.05) is 63.0 Å². The Labute approximate surface area is 132 Å². The molecule has 0 atom stereocenters. The Morgan fingerprint density at radius 3 is 2.14 bits per heavy atom. The lowest BCUT2D eigenvalue weighted by Crippen LogP contribution is -2.34. The Bertz CT molecular complexity index is 572. The molecule has 1 aromatic carbocycles. The summed E-state index contributed by atoms with van der Waals surface area (Å²) in [5, 5.41) is 1.66. The van der Waals surface area contributed by atoms with E-state index in [4.69, 9.17) is 4.43 Å². The zero-order chi connectivity index (χ0) is 16.1. The minimum Gasteiger partial charge on any atom is -0.413 e. The third-order valence-corrected chi connectivity index (χ3v) is 7.70. The van der Waals surface area contributed by atoms with Crippen LogP contribution < -0.4 is 0 Å².